The second-order valence-corrected chi connectivity index (χ2v) is 4.48. The van der Waals surface area contributed by atoms with Crippen molar-refractivity contribution in [1.82, 2.24) is 10.2 Å². The predicted octanol–water partition coefficient (Wildman–Crippen LogP) is 2.06. The van der Waals surface area contributed by atoms with E-state index < -0.39 is 12.8 Å². The van der Waals surface area contributed by atoms with Crippen molar-refractivity contribution in [1.29, 1.82) is 0 Å². The number of nitrogens with zero attached hydrogens (tertiary/aromatic N) is 1. The summed E-state index contributed by atoms with van der Waals surface area (Å²) >= 11 is 0. The van der Waals surface area contributed by atoms with Gasteiger partial charge in [0.05, 0.1) is 6.61 Å². The smallest absolute Gasteiger partial charge is 0.371 e. The first kappa shape index (κ1) is 18.0. The molecule has 110 valence electrons. The lowest BCUT2D eigenvalue weighted by Crippen LogP contribution is -2.35. The van der Waals surface area contributed by atoms with Crippen molar-refractivity contribution >= 4 is 12.4 Å². The molecule has 0 bridgehead atoms. The van der Waals surface area contributed by atoms with E-state index >= 15 is 0 Å². The average Bonchev–Trinajstić information content (AvgIpc) is 2.51. The molecular formula is C11H22ClF3N2O. The summed E-state index contributed by atoms with van der Waals surface area (Å²) in [6.07, 6.45) is -0.943. The number of hydrogen-bond donors (Lipinski definition) is 1. The van der Waals surface area contributed by atoms with Crippen LogP contribution in [-0.2, 0) is 4.74 Å². The summed E-state index contributed by atoms with van der Waals surface area (Å²) in [4.78, 5) is 2.10. The SMILES string of the molecule is CN(CCOCC(F)(F)F)C1CCCNCC1.Cl. The van der Waals surface area contributed by atoms with Crippen molar-refractivity contribution in [3.8, 4) is 0 Å². The Kier molecular flexibility index (Phi) is 8.94. The Morgan fingerprint density at radius 2 is 2.00 bits per heavy atom. The summed E-state index contributed by atoms with van der Waals surface area (Å²) in [5.41, 5.74) is 0. The zero-order chi connectivity index (χ0) is 12.7. The number of alkyl halides is 3. The molecule has 0 saturated carbocycles. The maximum absolute atomic E-state index is 11.8. The van der Waals surface area contributed by atoms with Crippen LogP contribution in [0.4, 0.5) is 13.2 Å². The fraction of sp³-hybridized carbons (Fsp3) is 1.00. The standard InChI is InChI=1S/C11H21F3N2O.ClH/c1-16(7-8-17-9-11(12,13)14)10-3-2-5-15-6-4-10;/h10,15H,2-9H2,1H3;1H. The van der Waals surface area contributed by atoms with Gasteiger partial charge in [0.1, 0.15) is 6.61 Å². The third-order valence-corrected chi connectivity index (χ3v) is 3.02. The number of rotatable bonds is 5. The predicted molar refractivity (Wildman–Crippen MR) is 67.3 cm³/mol. The third-order valence-electron chi connectivity index (χ3n) is 3.02. The van der Waals surface area contributed by atoms with Crippen molar-refractivity contribution in [3.05, 3.63) is 0 Å². The molecule has 0 spiro atoms. The van der Waals surface area contributed by atoms with Gasteiger partial charge < -0.3 is 15.0 Å². The summed E-state index contributed by atoms with van der Waals surface area (Å²) in [6, 6.07) is 0.458. The molecule has 7 heteroatoms. The number of halogens is 4. The summed E-state index contributed by atoms with van der Waals surface area (Å²) in [5.74, 6) is 0. The van der Waals surface area contributed by atoms with Crippen LogP contribution < -0.4 is 5.32 Å². The van der Waals surface area contributed by atoms with Gasteiger partial charge in [-0.05, 0) is 39.4 Å². The second-order valence-electron chi connectivity index (χ2n) is 4.48. The highest BCUT2D eigenvalue weighted by Gasteiger charge is 2.27. The first-order valence-corrected chi connectivity index (χ1v) is 6.04. The van der Waals surface area contributed by atoms with Crippen molar-refractivity contribution in [2.75, 3.05) is 39.9 Å². The van der Waals surface area contributed by atoms with Crippen LogP contribution in [0.3, 0.4) is 0 Å². The van der Waals surface area contributed by atoms with Gasteiger partial charge in [0.25, 0.3) is 0 Å². The van der Waals surface area contributed by atoms with Gasteiger partial charge in [-0.3, -0.25) is 0 Å². The molecule has 0 aromatic carbocycles. The third kappa shape index (κ3) is 8.13. The van der Waals surface area contributed by atoms with Gasteiger partial charge in [0, 0.05) is 12.6 Å². The Balaban J connectivity index is 0.00000289. The van der Waals surface area contributed by atoms with E-state index in [0.29, 0.717) is 12.6 Å². The van der Waals surface area contributed by atoms with Crippen LogP contribution in [0.2, 0.25) is 0 Å². The van der Waals surface area contributed by atoms with Gasteiger partial charge in [-0.25, -0.2) is 0 Å². The first-order chi connectivity index (χ1) is 7.99. The lowest BCUT2D eigenvalue weighted by atomic mass is 10.1. The molecule has 1 aliphatic rings. The molecule has 1 saturated heterocycles. The molecular weight excluding hydrogens is 269 g/mol. The van der Waals surface area contributed by atoms with Gasteiger partial charge in [-0.15, -0.1) is 12.4 Å². The monoisotopic (exact) mass is 290 g/mol. The number of ether oxygens (including phenoxy) is 1. The first-order valence-electron chi connectivity index (χ1n) is 6.04. The number of nitrogens with one attached hydrogen (secondary N) is 1. The van der Waals surface area contributed by atoms with E-state index in [1.165, 1.54) is 0 Å². The Morgan fingerprint density at radius 3 is 2.67 bits per heavy atom. The highest BCUT2D eigenvalue weighted by atomic mass is 35.5. The molecule has 3 nitrogen and oxygen atoms in total. The Morgan fingerprint density at radius 1 is 1.28 bits per heavy atom. The molecule has 0 aromatic rings. The Hall–Kier alpha value is -0.0400. The minimum absolute atomic E-state index is 0. The average molecular weight is 291 g/mol. The minimum atomic E-state index is -4.22. The fourth-order valence-corrected chi connectivity index (χ4v) is 2.02. The minimum Gasteiger partial charge on any atom is -0.371 e. The molecule has 0 aromatic heterocycles. The van der Waals surface area contributed by atoms with Gasteiger partial charge >= 0.3 is 6.18 Å². The highest BCUT2D eigenvalue weighted by molar-refractivity contribution is 5.85. The zero-order valence-electron chi connectivity index (χ0n) is 10.6. The van der Waals surface area contributed by atoms with Gasteiger partial charge in [-0.1, -0.05) is 0 Å². The highest BCUT2D eigenvalue weighted by Crippen LogP contribution is 2.15. The van der Waals surface area contributed by atoms with E-state index in [1.807, 2.05) is 7.05 Å². The Labute approximate surface area is 112 Å². The van der Waals surface area contributed by atoms with E-state index in [4.69, 9.17) is 0 Å². The van der Waals surface area contributed by atoms with Crippen LogP contribution in [0.5, 0.6) is 0 Å². The van der Waals surface area contributed by atoms with E-state index in [1.54, 1.807) is 0 Å². The van der Waals surface area contributed by atoms with Gasteiger partial charge in [0.2, 0.25) is 0 Å². The molecule has 1 heterocycles. The van der Waals surface area contributed by atoms with E-state index in [0.717, 1.165) is 32.4 Å². The Bertz CT molecular complexity index is 209. The van der Waals surface area contributed by atoms with Gasteiger partial charge in [-0.2, -0.15) is 13.2 Å². The molecule has 1 atom stereocenters. The molecule has 1 aliphatic heterocycles. The summed E-state index contributed by atoms with van der Waals surface area (Å²) in [7, 11) is 1.95. The van der Waals surface area contributed by atoms with Crippen LogP contribution in [-0.4, -0.2) is 57.0 Å². The maximum atomic E-state index is 11.8. The molecule has 0 amide bonds. The lowest BCUT2D eigenvalue weighted by Gasteiger charge is -2.26. The van der Waals surface area contributed by atoms with Crippen LogP contribution in [0.25, 0.3) is 0 Å². The summed E-state index contributed by atoms with van der Waals surface area (Å²) in [5, 5.41) is 3.31. The summed E-state index contributed by atoms with van der Waals surface area (Å²) in [6.45, 7) is 1.57. The second kappa shape index (κ2) is 8.96. The van der Waals surface area contributed by atoms with Crippen molar-refractivity contribution in [2.24, 2.45) is 0 Å². The number of likely N-dealkylation sites (N-methyl/N-ethyl adjacent to an activating group) is 1. The zero-order valence-corrected chi connectivity index (χ0v) is 11.4. The molecule has 1 N–H and O–H groups in total. The molecule has 0 radical (unpaired) electrons. The molecule has 18 heavy (non-hydrogen) atoms. The van der Waals surface area contributed by atoms with E-state index in [9.17, 15) is 13.2 Å². The van der Waals surface area contributed by atoms with Crippen molar-refractivity contribution in [2.45, 2.75) is 31.5 Å². The van der Waals surface area contributed by atoms with E-state index in [2.05, 4.69) is 15.0 Å². The van der Waals surface area contributed by atoms with Crippen molar-refractivity contribution < 1.29 is 17.9 Å². The van der Waals surface area contributed by atoms with Crippen LogP contribution in [0.15, 0.2) is 0 Å². The topological polar surface area (TPSA) is 24.5 Å². The summed E-state index contributed by atoms with van der Waals surface area (Å²) < 4.78 is 40.1. The fourth-order valence-electron chi connectivity index (χ4n) is 2.02. The molecule has 0 aliphatic carbocycles. The van der Waals surface area contributed by atoms with Crippen molar-refractivity contribution in [3.63, 3.8) is 0 Å². The molecule has 1 fully saturated rings. The lowest BCUT2D eigenvalue weighted by molar-refractivity contribution is -0.174. The largest absolute Gasteiger partial charge is 0.411 e. The molecule has 1 rings (SSSR count). The maximum Gasteiger partial charge on any atom is 0.411 e. The van der Waals surface area contributed by atoms with Crippen LogP contribution in [0, 0.1) is 0 Å². The van der Waals surface area contributed by atoms with Crippen LogP contribution >= 0.6 is 12.4 Å². The van der Waals surface area contributed by atoms with Crippen LogP contribution in [0.1, 0.15) is 19.3 Å². The quantitative estimate of drug-likeness (QED) is 0.785. The number of hydrogen-bond acceptors (Lipinski definition) is 3. The van der Waals surface area contributed by atoms with Gasteiger partial charge in [0.15, 0.2) is 0 Å². The normalized spacial score (nSPS) is 21.5. The molecule has 1 unspecified atom stereocenters. The van der Waals surface area contributed by atoms with E-state index in [-0.39, 0.29) is 19.0 Å².